The zero-order chi connectivity index (χ0) is 15.3. The lowest BCUT2D eigenvalue weighted by Gasteiger charge is -2.05. The van der Waals surface area contributed by atoms with Gasteiger partial charge in [-0.05, 0) is 24.1 Å². The fraction of sp³-hybridized carbons (Fsp3) is 0.118. The fourth-order valence-electron chi connectivity index (χ4n) is 1.94. The largest absolute Gasteiger partial charge is 0.250 e. The highest BCUT2D eigenvalue weighted by atomic mass is 32.2. The van der Waals surface area contributed by atoms with Gasteiger partial charge in [0, 0.05) is 5.56 Å². The van der Waals surface area contributed by atoms with E-state index in [4.69, 9.17) is 0 Å². The van der Waals surface area contributed by atoms with E-state index >= 15 is 0 Å². The van der Waals surface area contributed by atoms with Gasteiger partial charge in [0.2, 0.25) is 0 Å². The van der Waals surface area contributed by atoms with E-state index in [1.54, 1.807) is 6.08 Å². The average Bonchev–Trinajstić information content (AvgIpc) is 2.47. The number of hydrogen-bond donors (Lipinski definition) is 0. The summed E-state index contributed by atoms with van der Waals surface area (Å²) in [4.78, 5) is 0. The number of sulfonamides is 1. The second kappa shape index (κ2) is 6.50. The first-order valence-electron chi connectivity index (χ1n) is 6.55. The topological polar surface area (TPSA) is 46.5 Å². The molecule has 0 fully saturated rings. The highest BCUT2D eigenvalue weighted by Crippen LogP contribution is 2.15. The van der Waals surface area contributed by atoms with Gasteiger partial charge < -0.3 is 0 Å². The van der Waals surface area contributed by atoms with E-state index in [1.807, 2.05) is 67.6 Å². The van der Waals surface area contributed by atoms with Crippen LogP contribution in [-0.2, 0) is 10.0 Å². The van der Waals surface area contributed by atoms with E-state index < -0.39 is 10.0 Å². The molecule has 0 aliphatic heterocycles. The summed E-state index contributed by atoms with van der Waals surface area (Å²) in [6.45, 7) is 1.94. The maximum absolute atomic E-state index is 11.5. The van der Waals surface area contributed by atoms with Gasteiger partial charge in [0.25, 0.3) is 10.0 Å². The third kappa shape index (κ3) is 4.68. The summed E-state index contributed by atoms with van der Waals surface area (Å²) < 4.78 is 26.9. The molecule has 4 heteroatoms. The Morgan fingerprint density at radius 1 is 0.905 bits per heavy atom. The molecule has 0 aliphatic carbocycles. The quantitative estimate of drug-likeness (QED) is 0.811. The molecule has 0 aliphatic rings. The van der Waals surface area contributed by atoms with E-state index in [9.17, 15) is 8.42 Å². The minimum Gasteiger partial charge on any atom is -0.205 e. The van der Waals surface area contributed by atoms with Crippen molar-refractivity contribution in [3.63, 3.8) is 0 Å². The third-order valence-corrected chi connectivity index (χ3v) is 3.44. The SMILES string of the molecule is C/C(=C\C(=N\S(C)(=O)=O)c1ccccc1)c1ccccc1. The summed E-state index contributed by atoms with van der Waals surface area (Å²) in [5, 5.41) is 0. The van der Waals surface area contributed by atoms with E-state index in [1.165, 1.54) is 0 Å². The average molecular weight is 299 g/mol. The molecule has 3 nitrogen and oxygen atoms in total. The second-order valence-electron chi connectivity index (χ2n) is 4.77. The van der Waals surface area contributed by atoms with Crippen LogP contribution in [0.4, 0.5) is 0 Å². The standard InChI is InChI=1S/C17H17NO2S/c1-14(15-9-5-3-6-10-15)13-17(18-21(2,19)20)16-11-7-4-8-12-16/h3-13H,1-2H3/b14-13+,18-17-. The van der Waals surface area contributed by atoms with Crippen molar-refractivity contribution in [2.45, 2.75) is 6.92 Å². The molecular formula is C17H17NO2S. The first-order chi connectivity index (χ1) is 9.96. The van der Waals surface area contributed by atoms with Crippen LogP contribution in [-0.4, -0.2) is 20.4 Å². The minimum absolute atomic E-state index is 0.444. The van der Waals surface area contributed by atoms with Gasteiger partial charge >= 0.3 is 0 Å². The van der Waals surface area contributed by atoms with Crippen molar-refractivity contribution >= 4 is 21.3 Å². The van der Waals surface area contributed by atoms with Gasteiger partial charge in [-0.15, -0.1) is 0 Å². The predicted octanol–water partition coefficient (Wildman–Crippen LogP) is 3.54. The Labute approximate surface area is 125 Å². The summed E-state index contributed by atoms with van der Waals surface area (Å²) >= 11 is 0. The molecule has 2 aromatic carbocycles. The minimum atomic E-state index is -3.46. The molecular weight excluding hydrogens is 282 g/mol. The molecule has 0 saturated carbocycles. The van der Waals surface area contributed by atoms with Gasteiger partial charge in [0.15, 0.2) is 0 Å². The van der Waals surface area contributed by atoms with Crippen LogP contribution in [0.25, 0.3) is 5.57 Å². The monoisotopic (exact) mass is 299 g/mol. The Hall–Kier alpha value is -2.20. The van der Waals surface area contributed by atoms with Crippen LogP contribution < -0.4 is 0 Å². The summed E-state index contributed by atoms with van der Waals surface area (Å²) in [6, 6.07) is 19.1. The maximum Gasteiger partial charge on any atom is 0.250 e. The summed E-state index contributed by atoms with van der Waals surface area (Å²) in [5.74, 6) is 0. The van der Waals surface area contributed by atoms with E-state index in [2.05, 4.69) is 4.40 Å². The molecule has 0 unspecified atom stereocenters. The lowest BCUT2D eigenvalue weighted by molar-refractivity contribution is 0.604. The van der Waals surface area contributed by atoms with Crippen LogP contribution in [0.15, 0.2) is 71.1 Å². The smallest absolute Gasteiger partial charge is 0.205 e. The highest BCUT2D eigenvalue weighted by molar-refractivity contribution is 7.89. The van der Waals surface area contributed by atoms with Crippen molar-refractivity contribution in [2.75, 3.05) is 6.26 Å². The molecule has 0 spiro atoms. The molecule has 0 saturated heterocycles. The van der Waals surface area contributed by atoms with Crippen molar-refractivity contribution in [2.24, 2.45) is 4.40 Å². The number of rotatable bonds is 4. The van der Waals surface area contributed by atoms with E-state index in [-0.39, 0.29) is 0 Å². The zero-order valence-corrected chi connectivity index (χ0v) is 12.8. The van der Waals surface area contributed by atoms with Crippen molar-refractivity contribution in [1.29, 1.82) is 0 Å². The van der Waals surface area contributed by atoms with Gasteiger partial charge in [-0.1, -0.05) is 60.7 Å². The van der Waals surface area contributed by atoms with Gasteiger partial charge in [-0.25, -0.2) is 8.42 Å². The molecule has 108 valence electrons. The summed E-state index contributed by atoms with van der Waals surface area (Å²) in [5.41, 5.74) is 3.22. The van der Waals surface area contributed by atoms with Gasteiger partial charge in [-0.3, -0.25) is 0 Å². The molecule has 0 heterocycles. The number of allylic oxidation sites excluding steroid dienone is 2. The van der Waals surface area contributed by atoms with Crippen LogP contribution in [0.3, 0.4) is 0 Å². The van der Waals surface area contributed by atoms with Crippen molar-refractivity contribution in [1.82, 2.24) is 0 Å². The molecule has 0 radical (unpaired) electrons. The molecule has 0 atom stereocenters. The fourth-order valence-corrected chi connectivity index (χ4v) is 2.45. The van der Waals surface area contributed by atoms with Gasteiger partial charge in [0.1, 0.15) is 0 Å². The molecule has 21 heavy (non-hydrogen) atoms. The van der Waals surface area contributed by atoms with Crippen LogP contribution in [0.2, 0.25) is 0 Å². The molecule has 0 bridgehead atoms. The number of nitrogens with zero attached hydrogens (tertiary/aromatic N) is 1. The Morgan fingerprint density at radius 3 is 1.86 bits per heavy atom. The molecule has 2 aromatic rings. The second-order valence-corrected chi connectivity index (χ2v) is 6.42. The summed E-state index contributed by atoms with van der Waals surface area (Å²) in [6.07, 6.45) is 2.90. The molecule has 0 amide bonds. The molecule has 2 rings (SSSR count). The van der Waals surface area contributed by atoms with Crippen molar-refractivity contribution < 1.29 is 8.42 Å². The lowest BCUT2D eigenvalue weighted by Crippen LogP contribution is -2.03. The molecule has 0 aromatic heterocycles. The van der Waals surface area contributed by atoms with Crippen LogP contribution in [0.5, 0.6) is 0 Å². The van der Waals surface area contributed by atoms with Crippen molar-refractivity contribution in [3.8, 4) is 0 Å². The van der Waals surface area contributed by atoms with Crippen LogP contribution in [0.1, 0.15) is 18.1 Å². The number of hydrogen-bond acceptors (Lipinski definition) is 2. The van der Waals surface area contributed by atoms with Gasteiger partial charge in [0.05, 0.1) is 12.0 Å². The number of benzene rings is 2. The Kier molecular flexibility index (Phi) is 4.70. The summed E-state index contributed by atoms with van der Waals surface area (Å²) in [7, 11) is -3.46. The third-order valence-electron chi connectivity index (χ3n) is 2.92. The predicted molar refractivity (Wildman–Crippen MR) is 87.9 cm³/mol. The van der Waals surface area contributed by atoms with Crippen molar-refractivity contribution in [3.05, 3.63) is 77.9 Å². The van der Waals surface area contributed by atoms with E-state index in [0.717, 1.165) is 23.0 Å². The Morgan fingerprint density at radius 2 is 1.38 bits per heavy atom. The molecule has 0 N–H and O–H groups in total. The Balaban J connectivity index is 2.50. The Bertz CT molecular complexity index is 761. The zero-order valence-electron chi connectivity index (χ0n) is 12.0. The van der Waals surface area contributed by atoms with Crippen LogP contribution >= 0.6 is 0 Å². The highest BCUT2D eigenvalue weighted by Gasteiger charge is 2.06. The van der Waals surface area contributed by atoms with Gasteiger partial charge in [-0.2, -0.15) is 4.40 Å². The van der Waals surface area contributed by atoms with Crippen LogP contribution in [0, 0.1) is 0 Å². The van der Waals surface area contributed by atoms with E-state index in [0.29, 0.717) is 5.71 Å². The maximum atomic E-state index is 11.5. The normalized spacial score (nSPS) is 13.2. The first kappa shape index (κ1) is 15.2. The lowest BCUT2D eigenvalue weighted by atomic mass is 10.0. The first-order valence-corrected chi connectivity index (χ1v) is 8.39.